The Balaban J connectivity index is 1.88. The summed E-state index contributed by atoms with van der Waals surface area (Å²) in [7, 11) is 2.20. The first kappa shape index (κ1) is 13.8. The lowest BCUT2D eigenvalue weighted by atomic mass is 9.93. The topological polar surface area (TPSA) is 36.3 Å². The molecule has 0 amide bonds. The Morgan fingerprint density at radius 2 is 2.00 bits per heavy atom. The highest BCUT2D eigenvalue weighted by atomic mass is 16.5. The maximum absolute atomic E-state index is 9.34. The molecule has 0 N–H and O–H groups in total. The van der Waals surface area contributed by atoms with Crippen molar-refractivity contribution in [2.75, 3.05) is 26.8 Å². The molecule has 1 aliphatic carbocycles. The van der Waals surface area contributed by atoms with Gasteiger partial charge in [0.05, 0.1) is 18.6 Å². The quantitative estimate of drug-likeness (QED) is 0.723. The van der Waals surface area contributed by atoms with Crippen LogP contribution >= 0.6 is 0 Å². The molecule has 18 heavy (non-hydrogen) atoms. The maximum atomic E-state index is 9.34. The maximum Gasteiger partial charge on any atom is 0.0672 e. The van der Waals surface area contributed by atoms with E-state index in [1.165, 1.54) is 38.5 Å². The molecule has 3 unspecified atom stereocenters. The Bertz CT molecular complexity index is 281. The van der Waals surface area contributed by atoms with E-state index in [2.05, 4.69) is 18.0 Å². The predicted molar refractivity (Wildman–Crippen MR) is 72.1 cm³/mol. The lowest BCUT2D eigenvalue weighted by molar-refractivity contribution is 0.0324. The van der Waals surface area contributed by atoms with E-state index in [1.807, 2.05) is 0 Å². The third-order valence-electron chi connectivity index (χ3n) is 4.51. The summed E-state index contributed by atoms with van der Waals surface area (Å²) < 4.78 is 5.56. The zero-order valence-electron chi connectivity index (χ0n) is 11.6. The highest BCUT2D eigenvalue weighted by molar-refractivity contribution is 4.94. The van der Waals surface area contributed by atoms with Gasteiger partial charge in [-0.25, -0.2) is 0 Å². The first-order valence-electron chi connectivity index (χ1n) is 7.49. The molecule has 2 fully saturated rings. The van der Waals surface area contributed by atoms with Gasteiger partial charge < -0.3 is 9.64 Å². The fraction of sp³-hybridized carbons (Fsp3) is 0.933. The highest BCUT2D eigenvalue weighted by Crippen LogP contribution is 2.27. The van der Waals surface area contributed by atoms with Crippen LogP contribution in [0.5, 0.6) is 0 Å². The van der Waals surface area contributed by atoms with E-state index < -0.39 is 0 Å². The van der Waals surface area contributed by atoms with E-state index in [9.17, 15) is 5.26 Å². The van der Waals surface area contributed by atoms with Crippen LogP contribution in [0.15, 0.2) is 0 Å². The molecular formula is C15H26N2O. The SMILES string of the molecule is CN(CC1CCCOC1)C1CCCCCC1C#N. The molecule has 0 aromatic carbocycles. The van der Waals surface area contributed by atoms with Crippen LogP contribution in [0.2, 0.25) is 0 Å². The van der Waals surface area contributed by atoms with Gasteiger partial charge in [0.25, 0.3) is 0 Å². The smallest absolute Gasteiger partial charge is 0.0672 e. The normalized spacial score (nSPS) is 33.9. The second kappa shape index (κ2) is 7.11. The van der Waals surface area contributed by atoms with Crippen LogP contribution in [0.4, 0.5) is 0 Å². The van der Waals surface area contributed by atoms with Gasteiger partial charge in [0.1, 0.15) is 0 Å². The van der Waals surface area contributed by atoms with Gasteiger partial charge in [-0.15, -0.1) is 0 Å². The fourth-order valence-electron chi connectivity index (χ4n) is 3.46. The molecule has 1 saturated heterocycles. The molecule has 102 valence electrons. The van der Waals surface area contributed by atoms with Crippen LogP contribution in [-0.4, -0.2) is 37.7 Å². The fourth-order valence-corrected chi connectivity index (χ4v) is 3.46. The molecule has 0 aromatic heterocycles. The lowest BCUT2D eigenvalue weighted by Crippen LogP contribution is -2.41. The van der Waals surface area contributed by atoms with Crippen LogP contribution in [0.1, 0.15) is 44.9 Å². The Labute approximate surface area is 111 Å². The average Bonchev–Trinajstić information content (AvgIpc) is 2.64. The molecule has 2 rings (SSSR count). The molecule has 3 nitrogen and oxygen atoms in total. The number of nitriles is 1. The summed E-state index contributed by atoms with van der Waals surface area (Å²) in [6.07, 6.45) is 8.59. The van der Waals surface area contributed by atoms with Gasteiger partial charge in [-0.3, -0.25) is 0 Å². The zero-order chi connectivity index (χ0) is 12.8. The van der Waals surface area contributed by atoms with Gasteiger partial charge in [0, 0.05) is 19.2 Å². The Kier molecular flexibility index (Phi) is 5.46. The van der Waals surface area contributed by atoms with Crippen molar-refractivity contribution in [2.45, 2.75) is 51.0 Å². The van der Waals surface area contributed by atoms with Gasteiger partial charge in [-0.2, -0.15) is 5.26 Å². The number of nitrogens with zero attached hydrogens (tertiary/aromatic N) is 2. The van der Waals surface area contributed by atoms with Crippen molar-refractivity contribution < 1.29 is 4.74 Å². The summed E-state index contributed by atoms with van der Waals surface area (Å²) >= 11 is 0. The second-order valence-corrected chi connectivity index (χ2v) is 5.96. The zero-order valence-corrected chi connectivity index (χ0v) is 11.6. The van der Waals surface area contributed by atoms with Crippen molar-refractivity contribution in [3.63, 3.8) is 0 Å². The Morgan fingerprint density at radius 3 is 2.72 bits per heavy atom. The van der Waals surface area contributed by atoms with Crippen molar-refractivity contribution in [3.8, 4) is 6.07 Å². The molecular weight excluding hydrogens is 224 g/mol. The summed E-state index contributed by atoms with van der Waals surface area (Å²) in [5.41, 5.74) is 0. The number of ether oxygens (including phenoxy) is 1. The van der Waals surface area contributed by atoms with E-state index in [-0.39, 0.29) is 5.92 Å². The summed E-state index contributed by atoms with van der Waals surface area (Å²) in [6.45, 7) is 2.95. The first-order chi connectivity index (χ1) is 8.81. The first-order valence-corrected chi connectivity index (χ1v) is 7.49. The average molecular weight is 250 g/mol. The van der Waals surface area contributed by atoms with Gasteiger partial charge in [-0.05, 0) is 38.6 Å². The molecule has 0 spiro atoms. The summed E-state index contributed by atoms with van der Waals surface area (Å²) in [4.78, 5) is 2.44. The number of hydrogen-bond acceptors (Lipinski definition) is 3. The molecule has 2 aliphatic rings. The van der Waals surface area contributed by atoms with Crippen LogP contribution in [0.25, 0.3) is 0 Å². The lowest BCUT2D eigenvalue weighted by Gasteiger charge is -2.34. The Morgan fingerprint density at radius 1 is 1.17 bits per heavy atom. The summed E-state index contributed by atoms with van der Waals surface area (Å²) in [5, 5.41) is 9.34. The standard InChI is InChI=1S/C15H26N2O/c1-17(11-13-6-5-9-18-12-13)15-8-4-2-3-7-14(15)10-16/h13-15H,2-9,11-12H2,1H3. The molecule has 3 heteroatoms. The van der Waals surface area contributed by atoms with Crippen molar-refractivity contribution in [1.29, 1.82) is 5.26 Å². The van der Waals surface area contributed by atoms with E-state index in [0.29, 0.717) is 12.0 Å². The van der Waals surface area contributed by atoms with E-state index in [4.69, 9.17) is 4.74 Å². The van der Waals surface area contributed by atoms with Gasteiger partial charge >= 0.3 is 0 Å². The van der Waals surface area contributed by atoms with Crippen molar-refractivity contribution >= 4 is 0 Å². The van der Waals surface area contributed by atoms with Crippen molar-refractivity contribution in [1.82, 2.24) is 4.90 Å². The van der Waals surface area contributed by atoms with Gasteiger partial charge in [-0.1, -0.05) is 19.3 Å². The second-order valence-electron chi connectivity index (χ2n) is 5.96. The molecule has 1 aliphatic heterocycles. The van der Waals surface area contributed by atoms with E-state index >= 15 is 0 Å². The predicted octanol–water partition coefficient (Wildman–Crippen LogP) is 2.82. The third-order valence-corrected chi connectivity index (χ3v) is 4.51. The van der Waals surface area contributed by atoms with E-state index in [1.54, 1.807) is 0 Å². The number of rotatable bonds is 3. The third kappa shape index (κ3) is 3.70. The van der Waals surface area contributed by atoms with Crippen molar-refractivity contribution in [2.24, 2.45) is 11.8 Å². The van der Waals surface area contributed by atoms with Gasteiger partial charge in [0.2, 0.25) is 0 Å². The van der Waals surface area contributed by atoms with E-state index in [0.717, 1.165) is 26.2 Å². The minimum absolute atomic E-state index is 0.238. The minimum atomic E-state index is 0.238. The molecule has 0 aromatic rings. The largest absolute Gasteiger partial charge is 0.381 e. The monoisotopic (exact) mass is 250 g/mol. The molecule has 0 bridgehead atoms. The summed E-state index contributed by atoms with van der Waals surface area (Å²) in [6, 6.07) is 3.01. The number of hydrogen-bond donors (Lipinski definition) is 0. The van der Waals surface area contributed by atoms with Crippen molar-refractivity contribution in [3.05, 3.63) is 0 Å². The molecule has 1 saturated carbocycles. The molecule has 3 atom stereocenters. The van der Waals surface area contributed by atoms with Crippen LogP contribution in [0.3, 0.4) is 0 Å². The minimum Gasteiger partial charge on any atom is -0.381 e. The van der Waals surface area contributed by atoms with Crippen LogP contribution in [0, 0.1) is 23.2 Å². The summed E-state index contributed by atoms with van der Waals surface area (Å²) in [5.74, 6) is 0.911. The molecule has 1 heterocycles. The molecule has 0 radical (unpaired) electrons. The van der Waals surface area contributed by atoms with Crippen LogP contribution < -0.4 is 0 Å². The van der Waals surface area contributed by atoms with Gasteiger partial charge in [0.15, 0.2) is 0 Å². The Hall–Kier alpha value is -0.590. The highest BCUT2D eigenvalue weighted by Gasteiger charge is 2.28. The van der Waals surface area contributed by atoms with Crippen LogP contribution in [-0.2, 0) is 4.74 Å².